The zero-order valence-electron chi connectivity index (χ0n) is 4.73. The number of carbonyl (C=O) groups is 1. The van der Waals surface area contributed by atoms with E-state index >= 15 is 0 Å². The van der Waals surface area contributed by atoms with Crippen LogP contribution in [0.25, 0.3) is 0 Å². The first-order chi connectivity index (χ1) is 3.68. The number of hydrogen-bond acceptors (Lipinski definition) is 1. The predicted molar refractivity (Wildman–Crippen MR) is 28.5 cm³/mol. The zero-order valence-corrected chi connectivity index (χ0v) is 4.73. The van der Waals surface area contributed by atoms with Crippen molar-refractivity contribution in [2.75, 3.05) is 6.73 Å². The van der Waals surface area contributed by atoms with Crippen LogP contribution in [-0.4, -0.2) is 12.6 Å². The van der Waals surface area contributed by atoms with Gasteiger partial charge in [-0.2, -0.15) is 0 Å². The van der Waals surface area contributed by atoms with Gasteiger partial charge in [-0.25, -0.2) is 5.11 Å². The SMILES string of the molecule is C=C(C)C(=O)NC[O]. The van der Waals surface area contributed by atoms with Crippen LogP contribution >= 0.6 is 0 Å². The number of carbonyl (C=O) groups excluding carboxylic acids is 1. The van der Waals surface area contributed by atoms with Crippen LogP contribution in [0.1, 0.15) is 6.92 Å². The molecule has 0 saturated carbocycles. The molecular weight excluding hydrogens is 106 g/mol. The summed E-state index contributed by atoms with van der Waals surface area (Å²) in [7, 11) is 0. The topological polar surface area (TPSA) is 49.0 Å². The van der Waals surface area contributed by atoms with Gasteiger partial charge < -0.3 is 5.32 Å². The Kier molecular flexibility index (Phi) is 2.88. The Labute approximate surface area is 48.0 Å². The summed E-state index contributed by atoms with van der Waals surface area (Å²) in [6.07, 6.45) is 0. The van der Waals surface area contributed by atoms with Crippen molar-refractivity contribution in [3.05, 3.63) is 12.2 Å². The molecule has 0 aliphatic carbocycles. The van der Waals surface area contributed by atoms with Crippen molar-refractivity contribution in [3.63, 3.8) is 0 Å². The van der Waals surface area contributed by atoms with Crippen LogP contribution in [0.15, 0.2) is 12.2 Å². The first-order valence-electron chi connectivity index (χ1n) is 2.20. The molecule has 0 saturated heterocycles. The van der Waals surface area contributed by atoms with Gasteiger partial charge in [-0.15, -0.1) is 0 Å². The Hall–Kier alpha value is -0.830. The summed E-state index contributed by atoms with van der Waals surface area (Å²) in [5, 5.41) is 11.7. The van der Waals surface area contributed by atoms with Crippen molar-refractivity contribution in [2.24, 2.45) is 0 Å². The molecule has 0 aliphatic heterocycles. The molecule has 0 spiro atoms. The molecule has 3 heteroatoms. The Morgan fingerprint density at radius 1 is 1.75 bits per heavy atom. The molecule has 0 rings (SSSR count). The third-order valence-electron chi connectivity index (χ3n) is 0.620. The molecule has 45 valence electrons. The fraction of sp³-hybridized carbons (Fsp3) is 0.400. The van der Waals surface area contributed by atoms with Crippen molar-refractivity contribution in [1.29, 1.82) is 0 Å². The molecule has 0 aliphatic rings. The molecule has 0 heterocycles. The Balaban J connectivity index is 3.49. The maximum Gasteiger partial charge on any atom is 0.248 e. The molecule has 1 N–H and O–H groups in total. The molecule has 0 aromatic rings. The zero-order chi connectivity index (χ0) is 6.57. The predicted octanol–water partition coefficient (Wildman–Crippen LogP) is 0.0667. The van der Waals surface area contributed by atoms with Crippen LogP contribution in [0.2, 0.25) is 0 Å². The summed E-state index contributed by atoms with van der Waals surface area (Å²) in [6.45, 7) is 4.29. The highest BCUT2D eigenvalue weighted by atomic mass is 16.3. The van der Waals surface area contributed by atoms with Gasteiger partial charge in [0.15, 0.2) is 6.73 Å². The van der Waals surface area contributed by atoms with E-state index < -0.39 is 6.73 Å². The van der Waals surface area contributed by atoms with Gasteiger partial charge in [0.1, 0.15) is 0 Å². The molecule has 1 amide bonds. The van der Waals surface area contributed by atoms with Gasteiger partial charge in [0, 0.05) is 5.57 Å². The van der Waals surface area contributed by atoms with E-state index in [0.717, 1.165) is 0 Å². The first kappa shape index (κ1) is 7.17. The molecule has 0 aromatic heterocycles. The lowest BCUT2D eigenvalue weighted by atomic mass is 10.3. The Morgan fingerprint density at radius 2 is 2.25 bits per heavy atom. The Morgan fingerprint density at radius 3 is 2.38 bits per heavy atom. The average molecular weight is 114 g/mol. The lowest BCUT2D eigenvalue weighted by Crippen LogP contribution is -2.23. The second-order valence-electron chi connectivity index (χ2n) is 1.43. The highest BCUT2D eigenvalue weighted by Gasteiger charge is 1.96. The van der Waals surface area contributed by atoms with Gasteiger partial charge in [-0.1, -0.05) is 6.58 Å². The van der Waals surface area contributed by atoms with Crippen molar-refractivity contribution in [1.82, 2.24) is 5.32 Å². The second kappa shape index (κ2) is 3.21. The smallest absolute Gasteiger partial charge is 0.248 e. The quantitative estimate of drug-likeness (QED) is 0.400. The lowest BCUT2D eigenvalue weighted by Gasteiger charge is -1.95. The molecule has 0 aromatic carbocycles. The summed E-state index contributed by atoms with van der Waals surface area (Å²) >= 11 is 0. The standard InChI is InChI=1S/C5H8NO2/c1-4(2)5(8)6-3-7/h1,3H2,2H3,(H,6,8). The minimum Gasteiger partial charge on any atom is -0.327 e. The second-order valence-corrected chi connectivity index (χ2v) is 1.43. The normalized spacial score (nSPS) is 8.25. The van der Waals surface area contributed by atoms with Crippen LogP contribution in [0.5, 0.6) is 0 Å². The third kappa shape index (κ3) is 2.36. The highest BCUT2D eigenvalue weighted by Crippen LogP contribution is 1.82. The van der Waals surface area contributed by atoms with Gasteiger partial charge in [0.05, 0.1) is 0 Å². The van der Waals surface area contributed by atoms with E-state index in [1.54, 1.807) is 6.92 Å². The summed E-state index contributed by atoms with van der Waals surface area (Å²) in [4.78, 5) is 10.3. The van der Waals surface area contributed by atoms with Crippen LogP contribution in [0, 0.1) is 0 Å². The molecule has 3 nitrogen and oxygen atoms in total. The minimum atomic E-state index is -0.578. The molecule has 0 unspecified atom stereocenters. The van der Waals surface area contributed by atoms with Crippen LogP contribution < -0.4 is 5.32 Å². The molecule has 0 fully saturated rings. The number of nitrogens with one attached hydrogen (secondary N) is 1. The van der Waals surface area contributed by atoms with E-state index in [-0.39, 0.29) is 5.91 Å². The average Bonchev–Trinajstić information content (AvgIpc) is 1.67. The fourth-order valence-corrected chi connectivity index (χ4v) is 0.216. The lowest BCUT2D eigenvalue weighted by molar-refractivity contribution is -0.119. The van der Waals surface area contributed by atoms with Gasteiger partial charge >= 0.3 is 0 Å². The summed E-state index contributed by atoms with van der Waals surface area (Å²) in [6, 6.07) is 0. The van der Waals surface area contributed by atoms with Crippen molar-refractivity contribution in [2.45, 2.75) is 6.92 Å². The Bertz CT molecular complexity index is 109. The first-order valence-corrected chi connectivity index (χ1v) is 2.20. The van der Waals surface area contributed by atoms with Crippen LogP contribution in [0.4, 0.5) is 0 Å². The summed E-state index contributed by atoms with van der Waals surface area (Å²) in [5.41, 5.74) is 0.362. The largest absolute Gasteiger partial charge is 0.327 e. The van der Waals surface area contributed by atoms with Gasteiger partial charge in [0.2, 0.25) is 5.91 Å². The highest BCUT2D eigenvalue weighted by molar-refractivity contribution is 5.91. The van der Waals surface area contributed by atoms with E-state index in [4.69, 9.17) is 0 Å². The van der Waals surface area contributed by atoms with E-state index in [2.05, 4.69) is 11.9 Å². The number of rotatable bonds is 2. The third-order valence-corrected chi connectivity index (χ3v) is 0.620. The van der Waals surface area contributed by atoms with E-state index in [0.29, 0.717) is 5.57 Å². The van der Waals surface area contributed by atoms with Gasteiger partial charge in [0.25, 0.3) is 0 Å². The van der Waals surface area contributed by atoms with E-state index in [1.807, 2.05) is 0 Å². The van der Waals surface area contributed by atoms with Gasteiger partial charge in [-0.3, -0.25) is 4.79 Å². The fourth-order valence-electron chi connectivity index (χ4n) is 0.216. The van der Waals surface area contributed by atoms with Crippen LogP contribution in [-0.2, 0) is 9.90 Å². The van der Waals surface area contributed by atoms with Crippen LogP contribution in [0.3, 0.4) is 0 Å². The minimum absolute atomic E-state index is 0.362. The maximum atomic E-state index is 10.3. The summed E-state index contributed by atoms with van der Waals surface area (Å²) in [5.74, 6) is -0.375. The summed E-state index contributed by atoms with van der Waals surface area (Å²) < 4.78 is 0. The number of hydrogen-bond donors (Lipinski definition) is 1. The molecule has 0 bridgehead atoms. The van der Waals surface area contributed by atoms with Gasteiger partial charge in [-0.05, 0) is 6.92 Å². The number of amides is 1. The molecule has 0 atom stereocenters. The van der Waals surface area contributed by atoms with Crippen molar-refractivity contribution in [3.8, 4) is 0 Å². The van der Waals surface area contributed by atoms with Crippen molar-refractivity contribution >= 4 is 5.91 Å². The van der Waals surface area contributed by atoms with E-state index in [1.165, 1.54) is 0 Å². The van der Waals surface area contributed by atoms with E-state index in [9.17, 15) is 9.90 Å². The van der Waals surface area contributed by atoms with Crippen molar-refractivity contribution < 1.29 is 9.90 Å². The molecule has 8 heavy (non-hydrogen) atoms. The monoisotopic (exact) mass is 114 g/mol. The molecule has 1 radical (unpaired) electrons. The maximum absolute atomic E-state index is 10.3. The molecular formula is C5H8NO2.